The highest BCUT2D eigenvalue weighted by molar-refractivity contribution is 7.91. The molecule has 2 aromatic heterocycles. The van der Waals surface area contributed by atoms with Crippen LogP contribution in [-0.2, 0) is 9.84 Å². The van der Waals surface area contributed by atoms with Gasteiger partial charge in [-0.25, -0.2) is 13.1 Å². The number of anilines is 1. The number of aromatic nitrogens is 2. The standard InChI is InChI=1S/C18H17N3O3S2/c22-18(16-7-4-9-25-16)19-17-11-15(13-5-2-1-3-6-13)20-21(17)14-8-10-26(23,24)12-14/h1-7,9,11,14H,8,10,12H2,(H,19,22)/t14-/m1/s1. The number of sulfone groups is 1. The van der Waals surface area contributed by atoms with Crippen LogP contribution in [0.1, 0.15) is 22.1 Å². The van der Waals surface area contributed by atoms with Gasteiger partial charge in [0.2, 0.25) is 0 Å². The van der Waals surface area contributed by atoms with Crippen molar-refractivity contribution in [2.24, 2.45) is 0 Å². The van der Waals surface area contributed by atoms with Gasteiger partial charge in [0.15, 0.2) is 9.84 Å². The van der Waals surface area contributed by atoms with E-state index in [0.717, 1.165) is 5.56 Å². The van der Waals surface area contributed by atoms with E-state index in [1.807, 2.05) is 41.8 Å². The van der Waals surface area contributed by atoms with Gasteiger partial charge >= 0.3 is 0 Å². The highest BCUT2D eigenvalue weighted by atomic mass is 32.2. The summed E-state index contributed by atoms with van der Waals surface area (Å²) in [4.78, 5) is 13.1. The molecule has 0 aliphatic carbocycles. The number of benzene rings is 1. The van der Waals surface area contributed by atoms with Crippen LogP contribution in [0.3, 0.4) is 0 Å². The van der Waals surface area contributed by atoms with E-state index in [1.54, 1.807) is 16.8 Å². The van der Waals surface area contributed by atoms with Gasteiger partial charge in [-0.1, -0.05) is 36.4 Å². The molecule has 1 aromatic carbocycles. The molecule has 1 fully saturated rings. The number of nitrogens with one attached hydrogen (secondary N) is 1. The summed E-state index contributed by atoms with van der Waals surface area (Å²) in [6.07, 6.45) is 0.500. The molecule has 1 atom stereocenters. The van der Waals surface area contributed by atoms with E-state index in [2.05, 4.69) is 10.4 Å². The molecule has 3 heterocycles. The second-order valence-electron chi connectivity index (χ2n) is 6.21. The average Bonchev–Trinajstić information content (AvgIpc) is 3.35. The summed E-state index contributed by atoms with van der Waals surface area (Å²) >= 11 is 1.35. The Morgan fingerprint density at radius 3 is 2.65 bits per heavy atom. The number of hydrogen-bond donors (Lipinski definition) is 1. The maximum absolute atomic E-state index is 12.5. The molecule has 0 radical (unpaired) electrons. The van der Waals surface area contributed by atoms with Crippen molar-refractivity contribution in [1.29, 1.82) is 0 Å². The Labute approximate surface area is 155 Å². The fourth-order valence-electron chi connectivity index (χ4n) is 3.07. The Hall–Kier alpha value is -2.45. The van der Waals surface area contributed by atoms with E-state index >= 15 is 0 Å². The zero-order chi connectivity index (χ0) is 18.1. The molecule has 4 rings (SSSR count). The summed E-state index contributed by atoms with van der Waals surface area (Å²) in [6, 6.07) is 14.7. The topological polar surface area (TPSA) is 81.1 Å². The molecule has 6 nitrogen and oxygen atoms in total. The van der Waals surface area contributed by atoms with Gasteiger partial charge < -0.3 is 5.32 Å². The monoisotopic (exact) mass is 387 g/mol. The molecule has 1 saturated heterocycles. The Balaban J connectivity index is 1.71. The van der Waals surface area contributed by atoms with Crippen LogP contribution in [0.5, 0.6) is 0 Å². The first-order chi connectivity index (χ1) is 12.5. The van der Waals surface area contributed by atoms with Gasteiger partial charge in [-0.05, 0) is 17.9 Å². The maximum Gasteiger partial charge on any atom is 0.266 e. The molecule has 0 unspecified atom stereocenters. The third kappa shape index (κ3) is 3.42. The van der Waals surface area contributed by atoms with Gasteiger partial charge in [0.05, 0.1) is 28.1 Å². The Bertz CT molecular complexity index is 1030. The first-order valence-electron chi connectivity index (χ1n) is 8.22. The largest absolute Gasteiger partial charge is 0.306 e. The van der Waals surface area contributed by atoms with Gasteiger partial charge in [0, 0.05) is 11.6 Å². The number of hydrogen-bond acceptors (Lipinski definition) is 5. The van der Waals surface area contributed by atoms with Gasteiger partial charge in [0.25, 0.3) is 5.91 Å². The van der Waals surface area contributed by atoms with Crippen LogP contribution < -0.4 is 5.32 Å². The van der Waals surface area contributed by atoms with Crippen molar-refractivity contribution in [1.82, 2.24) is 9.78 Å². The number of amides is 1. The molecular weight excluding hydrogens is 370 g/mol. The smallest absolute Gasteiger partial charge is 0.266 e. The normalized spacial score (nSPS) is 18.7. The second-order valence-corrected chi connectivity index (χ2v) is 9.39. The summed E-state index contributed by atoms with van der Waals surface area (Å²) in [7, 11) is -3.06. The molecule has 0 spiro atoms. The lowest BCUT2D eigenvalue weighted by atomic mass is 10.1. The molecule has 134 valence electrons. The number of thiophene rings is 1. The predicted octanol–water partition coefficient (Wildman–Crippen LogP) is 3.22. The zero-order valence-corrected chi connectivity index (χ0v) is 15.5. The number of carbonyl (C=O) groups excluding carboxylic acids is 1. The van der Waals surface area contributed by atoms with Gasteiger partial charge in [0.1, 0.15) is 5.82 Å². The molecule has 3 aromatic rings. The first-order valence-corrected chi connectivity index (χ1v) is 10.9. The van der Waals surface area contributed by atoms with Crippen molar-refractivity contribution in [2.75, 3.05) is 16.8 Å². The van der Waals surface area contributed by atoms with Crippen LogP contribution in [-0.4, -0.2) is 35.6 Å². The van der Waals surface area contributed by atoms with Crippen molar-refractivity contribution in [3.63, 3.8) is 0 Å². The number of carbonyl (C=O) groups is 1. The van der Waals surface area contributed by atoms with Crippen molar-refractivity contribution in [3.05, 3.63) is 58.8 Å². The molecule has 1 aliphatic rings. The molecule has 1 amide bonds. The van der Waals surface area contributed by atoms with Crippen LogP contribution in [0.25, 0.3) is 11.3 Å². The number of nitrogens with zero attached hydrogens (tertiary/aromatic N) is 2. The van der Waals surface area contributed by atoms with Crippen LogP contribution in [0.4, 0.5) is 5.82 Å². The van der Waals surface area contributed by atoms with Gasteiger partial charge in [-0.2, -0.15) is 5.10 Å². The number of rotatable bonds is 4. The van der Waals surface area contributed by atoms with Gasteiger partial charge in [-0.3, -0.25) is 4.79 Å². The van der Waals surface area contributed by atoms with Gasteiger partial charge in [-0.15, -0.1) is 11.3 Å². The average molecular weight is 387 g/mol. The maximum atomic E-state index is 12.5. The molecule has 26 heavy (non-hydrogen) atoms. The van der Waals surface area contributed by atoms with Crippen LogP contribution >= 0.6 is 11.3 Å². The molecule has 0 saturated carbocycles. The Morgan fingerprint density at radius 2 is 2.00 bits per heavy atom. The minimum Gasteiger partial charge on any atom is -0.306 e. The third-order valence-electron chi connectivity index (χ3n) is 4.35. The minimum atomic E-state index is -3.06. The molecule has 1 aliphatic heterocycles. The molecule has 1 N–H and O–H groups in total. The summed E-state index contributed by atoms with van der Waals surface area (Å²) in [5.41, 5.74) is 1.62. The quantitative estimate of drug-likeness (QED) is 0.745. The third-order valence-corrected chi connectivity index (χ3v) is 6.97. The highest BCUT2D eigenvalue weighted by Crippen LogP contribution is 2.30. The van der Waals surface area contributed by atoms with Crippen LogP contribution in [0, 0.1) is 0 Å². The van der Waals surface area contributed by atoms with E-state index in [0.29, 0.717) is 22.8 Å². The Morgan fingerprint density at radius 1 is 1.19 bits per heavy atom. The molecular formula is C18H17N3O3S2. The summed E-state index contributed by atoms with van der Waals surface area (Å²) < 4.78 is 25.4. The highest BCUT2D eigenvalue weighted by Gasteiger charge is 2.31. The lowest BCUT2D eigenvalue weighted by Gasteiger charge is -2.13. The van der Waals surface area contributed by atoms with Crippen molar-refractivity contribution in [2.45, 2.75) is 12.5 Å². The lowest BCUT2D eigenvalue weighted by molar-refractivity contribution is 0.102. The lowest BCUT2D eigenvalue weighted by Crippen LogP contribution is -2.19. The van der Waals surface area contributed by atoms with E-state index in [4.69, 9.17) is 0 Å². The fourth-order valence-corrected chi connectivity index (χ4v) is 5.38. The van der Waals surface area contributed by atoms with Crippen LogP contribution in [0.15, 0.2) is 53.9 Å². The zero-order valence-electron chi connectivity index (χ0n) is 13.8. The van der Waals surface area contributed by atoms with Crippen molar-refractivity contribution in [3.8, 4) is 11.3 Å². The van der Waals surface area contributed by atoms with E-state index in [-0.39, 0.29) is 23.5 Å². The Kier molecular flexibility index (Phi) is 4.37. The second kappa shape index (κ2) is 6.69. The first kappa shape index (κ1) is 17.0. The summed E-state index contributed by atoms with van der Waals surface area (Å²) in [5, 5.41) is 9.33. The van der Waals surface area contributed by atoms with Crippen molar-refractivity contribution >= 4 is 32.9 Å². The summed E-state index contributed by atoms with van der Waals surface area (Å²) in [5.74, 6) is 0.493. The summed E-state index contributed by atoms with van der Waals surface area (Å²) in [6.45, 7) is 0. The minimum absolute atomic E-state index is 0.0464. The van der Waals surface area contributed by atoms with E-state index in [9.17, 15) is 13.2 Å². The van der Waals surface area contributed by atoms with Crippen molar-refractivity contribution < 1.29 is 13.2 Å². The fraction of sp³-hybridized carbons (Fsp3) is 0.222. The van der Waals surface area contributed by atoms with Crippen LogP contribution in [0.2, 0.25) is 0 Å². The van der Waals surface area contributed by atoms with E-state index < -0.39 is 9.84 Å². The predicted molar refractivity (Wildman–Crippen MR) is 102 cm³/mol. The molecule has 8 heteroatoms. The SMILES string of the molecule is O=C(Nc1cc(-c2ccccc2)nn1[C@@H]1CCS(=O)(=O)C1)c1cccs1. The van der Waals surface area contributed by atoms with E-state index in [1.165, 1.54) is 11.3 Å². The molecule has 0 bridgehead atoms.